The number of hydrogen-bond acceptors (Lipinski definition) is 8. The number of hydrogen-bond donors (Lipinski definition) is 4. The van der Waals surface area contributed by atoms with Gasteiger partial charge in [0.1, 0.15) is 30.2 Å². The highest BCUT2D eigenvalue weighted by atomic mass is 16.6. The van der Waals surface area contributed by atoms with Gasteiger partial charge in [-0.25, -0.2) is 15.0 Å². The quantitative estimate of drug-likeness (QED) is 0.560. The number of fused-ring (bicyclic) bond motifs is 1. The lowest BCUT2D eigenvalue weighted by molar-refractivity contribution is -0.0511. The normalized spacial score (nSPS) is 35.7. The highest BCUT2D eigenvalue weighted by Crippen LogP contribution is 2.33. The number of aliphatic hydroxyl groups excluding tert-OH is 4. The van der Waals surface area contributed by atoms with Crippen molar-refractivity contribution in [1.82, 2.24) is 19.5 Å². The molecule has 1 aliphatic carbocycles. The van der Waals surface area contributed by atoms with Crippen LogP contribution in [0.25, 0.3) is 11.2 Å². The monoisotopic (exact) mass is 350 g/mol. The van der Waals surface area contributed by atoms with E-state index in [1.807, 2.05) is 0 Å². The van der Waals surface area contributed by atoms with E-state index in [0.717, 1.165) is 25.0 Å². The Bertz CT molecular complexity index is 753. The van der Waals surface area contributed by atoms with Crippen LogP contribution in [0.2, 0.25) is 0 Å². The van der Waals surface area contributed by atoms with Crippen molar-refractivity contribution in [2.45, 2.75) is 56.3 Å². The number of rotatable bonds is 4. The van der Waals surface area contributed by atoms with E-state index in [-0.39, 0.29) is 18.6 Å². The molecule has 3 heterocycles. The predicted octanol–water partition coefficient (Wildman–Crippen LogP) is -0.859. The summed E-state index contributed by atoms with van der Waals surface area (Å²) >= 11 is 0. The van der Waals surface area contributed by atoms with Gasteiger partial charge in [-0.05, 0) is 25.2 Å². The smallest absolute Gasteiger partial charge is 0.165 e. The van der Waals surface area contributed by atoms with E-state index in [2.05, 4.69) is 15.0 Å². The van der Waals surface area contributed by atoms with Crippen LogP contribution >= 0.6 is 0 Å². The molecule has 9 heteroatoms. The molecule has 2 aromatic rings. The van der Waals surface area contributed by atoms with Crippen molar-refractivity contribution in [3.8, 4) is 0 Å². The second-order valence-corrected chi connectivity index (χ2v) is 6.84. The molecule has 4 rings (SSSR count). The molecule has 0 spiro atoms. The topological polar surface area (TPSA) is 134 Å². The van der Waals surface area contributed by atoms with Crippen LogP contribution in [0.1, 0.15) is 31.2 Å². The molecule has 25 heavy (non-hydrogen) atoms. The van der Waals surface area contributed by atoms with Gasteiger partial charge in [0.25, 0.3) is 0 Å². The maximum Gasteiger partial charge on any atom is 0.165 e. The van der Waals surface area contributed by atoms with Gasteiger partial charge in [-0.15, -0.1) is 0 Å². The third-order valence-corrected chi connectivity index (χ3v) is 5.30. The molecular formula is C16H22N4O5. The third kappa shape index (κ3) is 2.81. The van der Waals surface area contributed by atoms with Crippen molar-refractivity contribution in [2.75, 3.05) is 6.61 Å². The van der Waals surface area contributed by atoms with E-state index in [1.165, 1.54) is 12.7 Å². The van der Waals surface area contributed by atoms with Crippen LogP contribution in [0, 0.1) is 5.92 Å². The van der Waals surface area contributed by atoms with Crippen LogP contribution in [-0.2, 0) is 11.2 Å². The van der Waals surface area contributed by atoms with Crippen LogP contribution in [0.4, 0.5) is 0 Å². The second-order valence-electron chi connectivity index (χ2n) is 6.84. The maximum absolute atomic E-state index is 10.2. The van der Waals surface area contributed by atoms with Gasteiger partial charge in [-0.3, -0.25) is 4.57 Å². The number of nitrogens with zero attached hydrogens (tertiary/aromatic N) is 4. The Kier molecular flexibility index (Phi) is 4.42. The first-order valence-corrected chi connectivity index (χ1v) is 8.57. The molecule has 2 aromatic heterocycles. The number of aromatic nitrogens is 4. The van der Waals surface area contributed by atoms with Gasteiger partial charge in [0, 0.05) is 0 Å². The van der Waals surface area contributed by atoms with Crippen LogP contribution in [0.15, 0.2) is 12.7 Å². The van der Waals surface area contributed by atoms with Crippen LogP contribution in [0.3, 0.4) is 0 Å². The van der Waals surface area contributed by atoms with Crippen molar-refractivity contribution < 1.29 is 25.2 Å². The summed E-state index contributed by atoms with van der Waals surface area (Å²) in [7, 11) is 0. The van der Waals surface area contributed by atoms with E-state index in [0.29, 0.717) is 17.6 Å². The van der Waals surface area contributed by atoms with E-state index >= 15 is 0 Å². The molecule has 2 aliphatic rings. The third-order valence-electron chi connectivity index (χ3n) is 5.30. The van der Waals surface area contributed by atoms with Crippen molar-refractivity contribution in [2.24, 2.45) is 5.92 Å². The Morgan fingerprint density at radius 2 is 1.96 bits per heavy atom. The molecule has 0 radical (unpaired) electrons. The zero-order chi connectivity index (χ0) is 17.6. The van der Waals surface area contributed by atoms with E-state index in [9.17, 15) is 20.4 Å². The Balaban J connectivity index is 1.65. The van der Waals surface area contributed by atoms with Crippen molar-refractivity contribution in [1.29, 1.82) is 0 Å². The highest BCUT2D eigenvalue weighted by molar-refractivity contribution is 5.73. The van der Waals surface area contributed by atoms with E-state index in [4.69, 9.17) is 4.74 Å². The Labute approximate surface area is 143 Å². The largest absolute Gasteiger partial charge is 0.394 e. The fraction of sp³-hybridized carbons (Fsp3) is 0.688. The summed E-state index contributed by atoms with van der Waals surface area (Å²) in [6.07, 6.45) is 1.92. The number of imidazole rings is 1. The van der Waals surface area contributed by atoms with Gasteiger partial charge in [-0.2, -0.15) is 0 Å². The predicted molar refractivity (Wildman–Crippen MR) is 85.4 cm³/mol. The molecule has 0 aromatic carbocycles. The van der Waals surface area contributed by atoms with Gasteiger partial charge >= 0.3 is 0 Å². The standard InChI is InChI=1S/C16H22N4O5/c21-5-11-13(23)14(24)16(25-11)20-7-19-12-9(17-6-18-15(12)20)4-8-2-1-3-10(8)22/h6-8,10-11,13-14,16,21-24H,1-5H2/t8?,10-,11-,13?,14?,16-/m1/s1. The minimum atomic E-state index is -1.19. The zero-order valence-corrected chi connectivity index (χ0v) is 13.6. The average molecular weight is 350 g/mol. The van der Waals surface area contributed by atoms with Gasteiger partial charge in [0.15, 0.2) is 11.9 Å². The van der Waals surface area contributed by atoms with Crippen molar-refractivity contribution >= 4 is 11.2 Å². The summed E-state index contributed by atoms with van der Waals surface area (Å²) in [4.78, 5) is 12.9. The molecule has 9 nitrogen and oxygen atoms in total. The Morgan fingerprint density at radius 1 is 1.12 bits per heavy atom. The van der Waals surface area contributed by atoms with Gasteiger partial charge < -0.3 is 25.2 Å². The molecule has 0 bridgehead atoms. The number of aliphatic hydroxyl groups is 4. The molecule has 3 unspecified atom stereocenters. The molecular weight excluding hydrogens is 328 g/mol. The summed E-state index contributed by atoms with van der Waals surface area (Å²) in [6, 6.07) is 0. The molecule has 1 saturated heterocycles. The number of ether oxygens (including phenoxy) is 1. The molecule has 2 fully saturated rings. The summed E-state index contributed by atoms with van der Waals surface area (Å²) < 4.78 is 7.10. The van der Waals surface area contributed by atoms with Crippen LogP contribution < -0.4 is 0 Å². The first-order chi connectivity index (χ1) is 12.1. The first-order valence-electron chi connectivity index (χ1n) is 8.57. The average Bonchev–Trinajstić information content (AvgIpc) is 3.29. The molecule has 1 saturated carbocycles. The van der Waals surface area contributed by atoms with E-state index < -0.39 is 24.5 Å². The Morgan fingerprint density at radius 3 is 2.64 bits per heavy atom. The lowest BCUT2D eigenvalue weighted by Gasteiger charge is -2.17. The van der Waals surface area contributed by atoms with E-state index in [1.54, 1.807) is 4.57 Å². The molecule has 0 amide bonds. The summed E-state index contributed by atoms with van der Waals surface area (Å²) in [5.74, 6) is 0.164. The molecule has 1 aliphatic heterocycles. The van der Waals surface area contributed by atoms with Crippen molar-refractivity contribution in [3.05, 3.63) is 18.3 Å². The summed E-state index contributed by atoms with van der Waals surface area (Å²) in [5, 5.41) is 39.4. The Hall–Kier alpha value is -1.65. The lowest BCUT2D eigenvalue weighted by atomic mass is 9.99. The highest BCUT2D eigenvalue weighted by Gasteiger charge is 2.44. The SMILES string of the molecule is OC[C@H]1O[C@@H](n2cnc3c(CC4CCC[C@H]4O)ncnc32)C(O)C1O. The van der Waals surface area contributed by atoms with Gasteiger partial charge in [0.2, 0.25) is 0 Å². The lowest BCUT2D eigenvalue weighted by Crippen LogP contribution is -2.33. The molecule has 6 atom stereocenters. The van der Waals surface area contributed by atoms with Crippen molar-refractivity contribution in [3.63, 3.8) is 0 Å². The fourth-order valence-electron chi connectivity index (χ4n) is 3.85. The van der Waals surface area contributed by atoms with Crippen LogP contribution in [0.5, 0.6) is 0 Å². The first kappa shape index (κ1) is 16.8. The summed E-state index contributed by atoms with van der Waals surface area (Å²) in [5.41, 5.74) is 1.84. The minimum Gasteiger partial charge on any atom is -0.394 e. The molecule has 136 valence electrons. The zero-order valence-electron chi connectivity index (χ0n) is 13.6. The van der Waals surface area contributed by atoms with Gasteiger partial charge in [-0.1, -0.05) is 6.42 Å². The summed E-state index contributed by atoms with van der Waals surface area (Å²) in [6.45, 7) is -0.388. The minimum absolute atomic E-state index is 0.164. The van der Waals surface area contributed by atoms with Crippen LogP contribution in [-0.4, -0.2) is 71.0 Å². The molecule has 4 N–H and O–H groups in total. The second kappa shape index (κ2) is 6.58. The maximum atomic E-state index is 10.2. The van der Waals surface area contributed by atoms with Gasteiger partial charge in [0.05, 0.1) is 24.7 Å². The fourth-order valence-corrected chi connectivity index (χ4v) is 3.85.